The van der Waals surface area contributed by atoms with Crippen LogP contribution in [0.1, 0.15) is 5.69 Å². The molecule has 78 valence electrons. The van der Waals surface area contributed by atoms with Gasteiger partial charge in [0.25, 0.3) is 0 Å². The van der Waals surface area contributed by atoms with Crippen molar-refractivity contribution in [2.45, 2.75) is 6.42 Å². The fourth-order valence-electron chi connectivity index (χ4n) is 1.40. The molecule has 0 aliphatic heterocycles. The molecule has 0 spiro atoms. The summed E-state index contributed by atoms with van der Waals surface area (Å²) in [6, 6.07) is 7.52. The Hall–Kier alpha value is -1.32. The standard InChI is InChI=1S/C11H11ClN2O/c12-10-4-2-1-3-9(10)11-13-7-8(14-11)5-6-15/h1-4,7,15H,5-6H2,(H,13,14). The fraction of sp³-hybridized carbons (Fsp3) is 0.182. The molecule has 0 bridgehead atoms. The predicted octanol–water partition coefficient (Wildman–Crippen LogP) is 2.26. The van der Waals surface area contributed by atoms with Gasteiger partial charge < -0.3 is 10.1 Å². The number of imidazole rings is 1. The van der Waals surface area contributed by atoms with E-state index in [1.807, 2.05) is 24.3 Å². The minimum absolute atomic E-state index is 0.115. The predicted molar refractivity (Wildman–Crippen MR) is 59.8 cm³/mol. The van der Waals surface area contributed by atoms with Crippen LogP contribution in [0.3, 0.4) is 0 Å². The third-order valence-electron chi connectivity index (χ3n) is 2.14. The number of nitrogens with one attached hydrogen (secondary N) is 1. The molecule has 2 N–H and O–H groups in total. The first-order chi connectivity index (χ1) is 7.31. The lowest BCUT2D eigenvalue weighted by molar-refractivity contribution is 0.298. The normalized spacial score (nSPS) is 10.5. The van der Waals surface area contributed by atoms with E-state index in [-0.39, 0.29) is 6.61 Å². The number of aromatic amines is 1. The second-order valence-corrected chi connectivity index (χ2v) is 3.62. The van der Waals surface area contributed by atoms with Gasteiger partial charge in [0.1, 0.15) is 5.82 Å². The Labute approximate surface area is 92.7 Å². The molecule has 1 heterocycles. The number of nitrogens with zero attached hydrogens (tertiary/aromatic N) is 1. The topological polar surface area (TPSA) is 48.9 Å². The van der Waals surface area contributed by atoms with Gasteiger partial charge in [-0.15, -0.1) is 0 Å². The lowest BCUT2D eigenvalue weighted by Crippen LogP contribution is -1.90. The van der Waals surface area contributed by atoms with Gasteiger partial charge >= 0.3 is 0 Å². The molecule has 15 heavy (non-hydrogen) atoms. The van der Waals surface area contributed by atoms with Crippen LogP contribution in [0.4, 0.5) is 0 Å². The number of hydrogen-bond acceptors (Lipinski definition) is 2. The van der Waals surface area contributed by atoms with Crippen molar-refractivity contribution in [3.63, 3.8) is 0 Å². The maximum atomic E-state index is 8.78. The highest BCUT2D eigenvalue weighted by Crippen LogP contribution is 2.24. The van der Waals surface area contributed by atoms with Gasteiger partial charge in [0.15, 0.2) is 0 Å². The molecule has 0 aliphatic rings. The van der Waals surface area contributed by atoms with Gasteiger partial charge in [0.2, 0.25) is 0 Å². The van der Waals surface area contributed by atoms with Gasteiger partial charge in [-0.3, -0.25) is 0 Å². The minimum Gasteiger partial charge on any atom is -0.396 e. The van der Waals surface area contributed by atoms with Gasteiger partial charge in [-0.2, -0.15) is 0 Å². The Morgan fingerprint density at radius 2 is 2.13 bits per heavy atom. The number of hydrogen-bond donors (Lipinski definition) is 2. The SMILES string of the molecule is OCCc1cnc(-c2ccccc2Cl)[nH]1. The Morgan fingerprint density at radius 3 is 2.87 bits per heavy atom. The highest BCUT2D eigenvalue weighted by atomic mass is 35.5. The average molecular weight is 223 g/mol. The van der Waals surface area contributed by atoms with E-state index in [0.717, 1.165) is 17.1 Å². The zero-order valence-corrected chi connectivity index (χ0v) is 8.83. The molecule has 0 aliphatic carbocycles. The molecule has 2 rings (SSSR count). The largest absolute Gasteiger partial charge is 0.396 e. The van der Waals surface area contributed by atoms with E-state index < -0.39 is 0 Å². The quantitative estimate of drug-likeness (QED) is 0.837. The maximum Gasteiger partial charge on any atom is 0.138 e. The Balaban J connectivity index is 2.33. The molecule has 3 nitrogen and oxygen atoms in total. The summed E-state index contributed by atoms with van der Waals surface area (Å²) in [5, 5.41) is 9.45. The first-order valence-electron chi connectivity index (χ1n) is 4.71. The molecule has 4 heteroatoms. The van der Waals surface area contributed by atoms with Gasteiger partial charge in [-0.05, 0) is 12.1 Å². The molecule has 0 saturated carbocycles. The summed E-state index contributed by atoms with van der Waals surface area (Å²) >= 11 is 6.04. The molecule has 1 aromatic heterocycles. The fourth-order valence-corrected chi connectivity index (χ4v) is 1.62. The van der Waals surface area contributed by atoms with Crippen molar-refractivity contribution in [2.24, 2.45) is 0 Å². The van der Waals surface area contributed by atoms with E-state index in [1.165, 1.54) is 0 Å². The van der Waals surface area contributed by atoms with Crippen molar-refractivity contribution < 1.29 is 5.11 Å². The van der Waals surface area contributed by atoms with E-state index in [9.17, 15) is 0 Å². The number of aromatic nitrogens is 2. The van der Waals surface area contributed by atoms with Crippen LogP contribution in [-0.4, -0.2) is 21.7 Å². The molecule has 0 amide bonds. The molecule has 0 saturated heterocycles. The van der Waals surface area contributed by atoms with Crippen molar-refractivity contribution in [3.05, 3.63) is 41.2 Å². The van der Waals surface area contributed by atoms with Crippen LogP contribution in [0.15, 0.2) is 30.5 Å². The summed E-state index contributed by atoms with van der Waals surface area (Å²) in [4.78, 5) is 7.33. The van der Waals surface area contributed by atoms with Crippen LogP contribution in [0.5, 0.6) is 0 Å². The molecule has 0 unspecified atom stereocenters. The molecule has 0 atom stereocenters. The zero-order chi connectivity index (χ0) is 10.7. The van der Waals surface area contributed by atoms with Crippen molar-refractivity contribution in [1.82, 2.24) is 9.97 Å². The molecular formula is C11H11ClN2O. The highest BCUT2D eigenvalue weighted by molar-refractivity contribution is 6.33. The first kappa shape index (κ1) is 10.2. The monoisotopic (exact) mass is 222 g/mol. The van der Waals surface area contributed by atoms with E-state index in [1.54, 1.807) is 6.20 Å². The average Bonchev–Trinajstić information content (AvgIpc) is 2.68. The van der Waals surface area contributed by atoms with Gasteiger partial charge in [0, 0.05) is 30.5 Å². The Bertz CT molecular complexity index is 453. The minimum atomic E-state index is 0.115. The van der Waals surface area contributed by atoms with Crippen LogP contribution in [0, 0.1) is 0 Å². The third-order valence-corrected chi connectivity index (χ3v) is 2.47. The molecular weight excluding hydrogens is 212 g/mol. The van der Waals surface area contributed by atoms with E-state index in [0.29, 0.717) is 11.4 Å². The Morgan fingerprint density at radius 1 is 1.33 bits per heavy atom. The number of halogens is 1. The number of H-pyrrole nitrogens is 1. The summed E-state index contributed by atoms with van der Waals surface area (Å²) in [6.07, 6.45) is 2.30. The van der Waals surface area contributed by atoms with E-state index in [2.05, 4.69) is 9.97 Å². The summed E-state index contributed by atoms with van der Waals surface area (Å²) < 4.78 is 0. The second-order valence-electron chi connectivity index (χ2n) is 3.21. The maximum absolute atomic E-state index is 8.78. The van der Waals surface area contributed by atoms with Crippen LogP contribution in [0.2, 0.25) is 5.02 Å². The summed E-state index contributed by atoms with van der Waals surface area (Å²) in [5.41, 5.74) is 1.79. The smallest absolute Gasteiger partial charge is 0.138 e. The van der Waals surface area contributed by atoms with E-state index >= 15 is 0 Å². The molecule has 1 aromatic carbocycles. The summed E-state index contributed by atoms with van der Waals surface area (Å²) in [7, 11) is 0. The summed E-state index contributed by atoms with van der Waals surface area (Å²) in [5.74, 6) is 0.740. The van der Waals surface area contributed by atoms with Crippen molar-refractivity contribution in [2.75, 3.05) is 6.61 Å². The van der Waals surface area contributed by atoms with Crippen LogP contribution in [-0.2, 0) is 6.42 Å². The number of aliphatic hydroxyl groups excluding tert-OH is 1. The zero-order valence-electron chi connectivity index (χ0n) is 8.07. The van der Waals surface area contributed by atoms with Crippen LogP contribution < -0.4 is 0 Å². The lowest BCUT2D eigenvalue weighted by Gasteiger charge is -1.99. The van der Waals surface area contributed by atoms with Crippen molar-refractivity contribution >= 4 is 11.6 Å². The lowest BCUT2D eigenvalue weighted by atomic mass is 10.2. The number of aliphatic hydroxyl groups is 1. The van der Waals surface area contributed by atoms with Gasteiger partial charge in [-0.25, -0.2) is 4.98 Å². The Kier molecular flexibility index (Phi) is 3.04. The van der Waals surface area contributed by atoms with E-state index in [4.69, 9.17) is 16.7 Å². The summed E-state index contributed by atoms with van der Waals surface area (Å²) in [6.45, 7) is 0.115. The number of rotatable bonds is 3. The van der Waals surface area contributed by atoms with Gasteiger partial charge in [0.05, 0.1) is 5.02 Å². The second kappa shape index (κ2) is 4.47. The highest BCUT2D eigenvalue weighted by Gasteiger charge is 2.06. The molecule has 2 aromatic rings. The third kappa shape index (κ3) is 2.19. The first-order valence-corrected chi connectivity index (χ1v) is 5.08. The van der Waals surface area contributed by atoms with Crippen molar-refractivity contribution in [3.8, 4) is 11.4 Å². The number of benzene rings is 1. The van der Waals surface area contributed by atoms with Crippen LogP contribution in [0.25, 0.3) is 11.4 Å². The van der Waals surface area contributed by atoms with Crippen molar-refractivity contribution in [1.29, 1.82) is 0 Å². The van der Waals surface area contributed by atoms with Crippen LogP contribution >= 0.6 is 11.6 Å². The molecule has 0 radical (unpaired) electrons. The van der Waals surface area contributed by atoms with Gasteiger partial charge in [-0.1, -0.05) is 23.7 Å². The molecule has 0 fully saturated rings.